The Kier molecular flexibility index (Phi) is 4.58. The molecule has 1 aromatic rings. The number of rotatable bonds is 1. The van der Waals surface area contributed by atoms with Gasteiger partial charge in [-0.05, 0) is 25.0 Å². The van der Waals surface area contributed by atoms with E-state index in [-0.39, 0.29) is 30.6 Å². The fraction of sp³-hybridized carbons (Fsp3) is 0.421. The summed E-state index contributed by atoms with van der Waals surface area (Å²) < 4.78 is 10.5. The highest BCUT2D eigenvalue weighted by atomic mass is 16.5. The predicted octanol–water partition coefficient (Wildman–Crippen LogP) is 1.64. The lowest BCUT2D eigenvalue weighted by molar-refractivity contribution is -0.162. The van der Waals surface area contributed by atoms with Crippen LogP contribution in [-0.4, -0.2) is 46.6 Å². The Morgan fingerprint density at radius 3 is 2.69 bits per heavy atom. The van der Waals surface area contributed by atoms with Gasteiger partial charge in [0, 0.05) is 24.8 Å². The number of aliphatic hydroxyl groups is 1. The van der Waals surface area contributed by atoms with Crippen LogP contribution < -0.4 is 4.74 Å². The molecule has 26 heavy (non-hydrogen) atoms. The number of phenolic OH excluding ortho intramolecular Hbond substituents is 1. The van der Waals surface area contributed by atoms with Crippen LogP contribution in [0.25, 0.3) is 6.08 Å². The summed E-state index contributed by atoms with van der Waals surface area (Å²) in [7, 11) is 1.42. The van der Waals surface area contributed by atoms with Gasteiger partial charge in [0.25, 0.3) is 0 Å². The third-order valence-electron chi connectivity index (χ3n) is 5.09. The van der Waals surface area contributed by atoms with Crippen molar-refractivity contribution in [1.29, 1.82) is 0 Å². The molecule has 3 rings (SSSR count). The number of carbonyl (C=O) groups is 3. The molecule has 0 saturated heterocycles. The first-order chi connectivity index (χ1) is 12.3. The van der Waals surface area contributed by atoms with E-state index in [9.17, 15) is 24.6 Å². The average Bonchev–Trinajstić information content (AvgIpc) is 2.58. The second-order valence-corrected chi connectivity index (χ2v) is 6.65. The van der Waals surface area contributed by atoms with E-state index >= 15 is 0 Å². The van der Waals surface area contributed by atoms with Gasteiger partial charge in [-0.15, -0.1) is 0 Å². The maximum Gasteiger partial charge on any atom is 0.342 e. The monoisotopic (exact) mass is 360 g/mol. The first kappa shape index (κ1) is 18.1. The summed E-state index contributed by atoms with van der Waals surface area (Å²) in [5, 5.41) is 21.1. The zero-order chi connectivity index (χ0) is 19.1. The Balaban J connectivity index is 2.10. The Bertz CT molecular complexity index is 810. The van der Waals surface area contributed by atoms with Crippen LogP contribution >= 0.6 is 0 Å². The Labute approximate surface area is 150 Å². The Morgan fingerprint density at radius 1 is 1.27 bits per heavy atom. The van der Waals surface area contributed by atoms with Crippen molar-refractivity contribution in [1.82, 2.24) is 0 Å². The highest BCUT2D eigenvalue weighted by molar-refractivity contribution is 6.41. The van der Waals surface area contributed by atoms with Crippen LogP contribution in [-0.2, 0) is 14.3 Å². The van der Waals surface area contributed by atoms with Crippen LogP contribution in [0.2, 0.25) is 0 Å². The SMILES string of the molecule is COc1cc(O)c2c(c1)C=CC[C@]1(O)C(=O)C(=O)CCC1[C@H](C)OC2=O. The molecule has 0 radical (unpaired) electrons. The lowest BCUT2D eigenvalue weighted by atomic mass is 9.69. The number of carbonyl (C=O) groups excluding carboxylic acids is 3. The van der Waals surface area contributed by atoms with E-state index in [1.54, 1.807) is 6.92 Å². The van der Waals surface area contributed by atoms with Crippen molar-refractivity contribution in [3.8, 4) is 11.5 Å². The van der Waals surface area contributed by atoms with Crippen LogP contribution in [0.3, 0.4) is 0 Å². The molecule has 1 aliphatic carbocycles. The summed E-state index contributed by atoms with van der Waals surface area (Å²) in [6.07, 6.45) is 2.36. The molecular formula is C19H20O7. The molecule has 1 unspecified atom stereocenters. The number of hydrogen-bond donors (Lipinski definition) is 2. The quantitative estimate of drug-likeness (QED) is 0.579. The molecule has 0 amide bonds. The number of cyclic esters (lactones) is 1. The minimum atomic E-state index is -1.91. The summed E-state index contributed by atoms with van der Waals surface area (Å²) in [5.74, 6) is -2.89. The van der Waals surface area contributed by atoms with Gasteiger partial charge in [0.1, 0.15) is 28.8 Å². The zero-order valence-electron chi connectivity index (χ0n) is 14.5. The van der Waals surface area contributed by atoms with Crippen molar-refractivity contribution < 1.29 is 34.1 Å². The number of Topliss-reactive ketones (excluding diaryl/α,β-unsaturated/α-hetero) is 2. The Morgan fingerprint density at radius 2 is 2.00 bits per heavy atom. The molecule has 2 N–H and O–H groups in total. The molecule has 138 valence electrons. The van der Waals surface area contributed by atoms with Crippen molar-refractivity contribution in [2.45, 2.75) is 37.9 Å². The van der Waals surface area contributed by atoms with Gasteiger partial charge in [-0.1, -0.05) is 12.2 Å². The summed E-state index contributed by atoms with van der Waals surface area (Å²) in [4.78, 5) is 36.7. The van der Waals surface area contributed by atoms with Crippen molar-refractivity contribution in [3.63, 3.8) is 0 Å². The third kappa shape index (κ3) is 2.88. The lowest BCUT2D eigenvalue weighted by Gasteiger charge is -2.40. The summed E-state index contributed by atoms with van der Waals surface area (Å²) in [6, 6.07) is 2.85. The molecule has 3 atom stereocenters. The predicted molar refractivity (Wildman–Crippen MR) is 90.9 cm³/mol. The molecule has 0 bridgehead atoms. The minimum absolute atomic E-state index is 0.0104. The van der Waals surface area contributed by atoms with E-state index in [1.165, 1.54) is 31.4 Å². The Hall–Kier alpha value is -2.67. The van der Waals surface area contributed by atoms with Crippen molar-refractivity contribution in [2.24, 2.45) is 5.92 Å². The van der Waals surface area contributed by atoms with E-state index in [1.807, 2.05) is 0 Å². The fourth-order valence-electron chi connectivity index (χ4n) is 3.68. The molecule has 0 spiro atoms. The molecule has 1 saturated carbocycles. The molecular weight excluding hydrogens is 340 g/mol. The van der Waals surface area contributed by atoms with E-state index in [2.05, 4.69) is 0 Å². The first-order valence-corrected chi connectivity index (χ1v) is 8.36. The van der Waals surface area contributed by atoms with Crippen LogP contribution in [0, 0.1) is 5.92 Å². The van der Waals surface area contributed by atoms with Gasteiger partial charge in [-0.25, -0.2) is 4.79 Å². The lowest BCUT2D eigenvalue weighted by Crippen LogP contribution is -2.56. The first-order valence-electron chi connectivity index (χ1n) is 8.36. The third-order valence-corrected chi connectivity index (χ3v) is 5.09. The second-order valence-electron chi connectivity index (χ2n) is 6.65. The van der Waals surface area contributed by atoms with Gasteiger partial charge in [-0.3, -0.25) is 9.59 Å². The number of aromatic hydroxyl groups is 1. The van der Waals surface area contributed by atoms with Gasteiger partial charge in [0.2, 0.25) is 11.6 Å². The maximum atomic E-state index is 12.6. The number of fused-ring (bicyclic) bond motifs is 2. The van der Waals surface area contributed by atoms with Crippen LogP contribution in [0.5, 0.6) is 11.5 Å². The number of ether oxygens (including phenoxy) is 2. The van der Waals surface area contributed by atoms with Crippen molar-refractivity contribution in [2.75, 3.05) is 7.11 Å². The maximum absolute atomic E-state index is 12.6. The largest absolute Gasteiger partial charge is 0.507 e. The minimum Gasteiger partial charge on any atom is -0.507 e. The number of methoxy groups -OCH3 is 1. The molecule has 7 nitrogen and oxygen atoms in total. The second kappa shape index (κ2) is 6.57. The smallest absolute Gasteiger partial charge is 0.342 e. The topological polar surface area (TPSA) is 110 Å². The van der Waals surface area contributed by atoms with E-state index < -0.39 is 35.2 Å². The van der Waals surface area contributed by atoms with Gasteiger partial charge < -0.3 is 19.7 Å². The zero-order valence-corrected chi connectivity index (χ0v) is 14.5. The van der Waals surface area contributed by atoms with Crippen molar-refractivity contribution >= 4 is 23.6 Å². The number of ketones is 2. The van der Waals surface area contributed by atoms with Crippen LogP contribution in [0.1, 0.15) is 42.1 Å². The number of phenols is 1. The molecule has 2 aliphatic rings. The van der Waals surface area contributed by atoms with Crippen LogP contribution in [0.4, 0.5) is 0 Å². The number of esters is 1. The molecule has 1 fully saturated rings. The highest BCUT2D eigenvalue weighted by Gasteiger charge is 2.52. The van der Waals surface area contributed by atoms with Gasteiger partial charge >= 0.3 is 5.97 Å². The number of hydrogen-bond acceptors (Lipinski definition) is 7. The highest BCUT2D eigenvalue weighted by Crippen LogP contribution is 2.38. The molecule has 1 heterocycles. The standard InChI is InChI=1S/C19H20O7/c1-10-13-5-6-14(20)17(22)19(13,24)7-3-4-11-8-12(25-2)9-15(21)16(11)18(23)26-10/h3-4,8-10,13,21,24H,5-7H2,1-2H3/t10-,13?,19+/m0/s1. The number of benzene rings is 1. The molecule has 7 heteroatoms. The normalized spacial score (nSPS) is 28.8. The molecule has 1 aromatic carbocycles. The van der Waals surface area contributed by atoms with Gasteiger partial charge in [0.05, 0.1) is 7.11 Å². The summed E-state index contributed by atoms with van der Waals surface area (Å²) in [5.41, 5.74) is -1.60. The van der Waals surface area contributed by atoms with Crippen LogP contribution in [0.15, 0.2) is 18.2 Å². The van der Waals surface area contributed by atoms with Crippen molar-refractivity contribution in [3.05, 3.63) is 29.3 Å². The summed E-state index contributed by atoms with van der Waals surface area (Å²) >= 11 is 0. The fourth-order valence-corrected chi connectivity index (χ4v) is 3.68. The average molecular weight is 360 g/mol. The van der Waals surface area contributed by atoms with Gasteiger partial charge in [0.15, 0.2) is 0 Å². The van der Waals surface area contributed by atoms with E-state index in [4.69, 9.17) is 9.47 Å². The van der Waals surface area contributed by atoms with E-state index in [0.717, 1.165) is 0 Å². The molecule has 0 aromatic heterocycles. The van der Waals surface area contributed by atoms with E-state index in [0.29, 0.717) is 11.3 Å². The van der Waals surface area contributed by atoms with Gasteiger partial charge in [-0.2, -0.15) is 0 Å². The molecule has 1 aliphatic heterocycles. The summed E-state index contributed by atoms with van der Waals surface area (Å²) in [6.45, 7) is 1.57.